The summed E-state index contributed by atoms with van der Waals surface area (Å²) in [6.45, 7) is 9.16. The summed E-state index contributed by atoms with van der Waals surface area (Å²) in [4.78, 5) is 9.72. The van der Waals surface area contributed by atoms with Gasteiger partial charge in [-0.2, -0.15) is 0 Å². The lowest BCUT2D eigenvalue weighted by atomic mass is 10.2. The zero-order valence-electron chi connectivity index (χ0n) is 12.5. The highest BCUT2D eigenvalue weighted by Gasteiger charge is 2.28. The number of anilines is 1. The van der Waals surface area contributed by atoms with Crippen molar-refractivity contribution in [3.8, 4) is 0 Å². The van der Waals surface area contributed by atoms with Crippen molar-refractivity contribution < 1.29 is 0 Å². The highest BCUT2D eigenvalue weighted by Crippen LogP contribution is 2.21. The average Bonchev–Trinajstić information content (AvgIpc) is 3.12. The van der Waals surface area contributed by atoms with Crippen LogP contribution in [-0.4, -0.2) is 53.5 Å². The SMILES string of the molecule is CCNc1ccc(CN2CCC(N3CCCC3)C2)cn1. The molecule has 3 rings (SSSR count). The Labute approximate surface area is 122 Å². The summed E-state index contributed by atoms with van der Waals surface area (Å²) in [6.07, 6.45) is 6.14. The zero-order valence-corrected chi connectivity index (χ0v) is 12.5. The third-order valence-electron chi connectivity index (χ3n) is 4.49. The summed E-state index contributed by atoms with van der Waals surface area (Å²) >= 11 is 0. The highest BCUT2D eigenvalue weighted by atomic mass is 15.3. The van der Waals surface area contributed by atoms with Crippen molar-refractivity contribution in [2.24, 2.45) is 0 Å². The number of pyridine rings is 1. The molecule has 1 N–H and O–H groups in total. The molecule has 0 amide bonds. The standard InChI is InChI=1S/C16H26N4/c1-2-17-16-6-5-14(11-18-16)12-19-10-7-15(13-19)20-8-3-4-9-20/h5-6,11,15H,2-4,7-10,12-13H2,1H3,(H,17,18). The molecule has 2 saturated heterocycles. The average molecular weight is 274 g/mol. The summed E-state index contributed by atoms with van der Waals surface area (Å²) in [5, 5.41) is 3.24. The lowest BCUT2D eigenvalue weighted by Crippen LogP contribution is -2.35. The van der Waals surface area contributed by atoms with Crippen molar-refractivity contribution in [2.45, 2.75) is 38.8 Å². The van der Waals surface area contributed by atoms with Gasteiger partial charge in [0.1, 0.15) is 5.82 Å². The molecule has 1 aromatic rings. The Hall–Kier alpha value is -1.13. The molecule has 2 aliphatic rings. The fourth-order valence-electron chi connectivity index (χ4n) is 3.42. The lowest BCUT2D eigenvalue weighted by molar-refractivity contribution is 0.230. The van der Waals surface area contributed by atoms with E-state index in [1.807, 2.05) is 6.20 Å². The van der Waals surface area contributed by atoms with Crippen molar-refractivity contribution >= 4 is 5.82 Å². The third kappa shape index (κ3) is 3.30. The molecule has 2 aliphatic heterocycles. The van der Waals surface area contributed by atoms with Crippen LogP contribution in [0.15, 0.2) is 18.3 Å². The molecule has 0 aromatic carbocycles. The van der Waals surface area contributed by atoms with Crippen molar-refractivity contribution in [1.29, 1.82) is 0 Å². The quantitative estimate of drug-likeness (QED) is 0.892. The van der Waals surface area contributed by atoms with E-state index in [9.17, 15) is 0 Å². The zero-order chi connectivity index (χ0) is 13.8. The molecule has 0 saturated carbocycles. The summed E-state index contributed by atoms with van der Waals surface area (Å²) in [7, 11) is 0. The molecule has 0 aliphatic carbocycles. The van der Waals surface area contributed by atoms with Crippen molar-refractivity contribution in [1.82, 2.24) is 14.8 Å². The van der Waals surface area contributed by atoms with Gasteiger partial charge in [-0.15, -0.1) is 0 Å². The number of nitrogens with zero attached hydrogens (tertiary/aromatic N) is 3. The Morgan fingerprint density at radius 2 is 2.10 bits per heavy atom. The van der Waals surface area contributed by atoms with Crippen LogP contribution in [-0.2, 0) is 6.54 Å². The van der Waals surface area contributed by atoms with E-state index in [4.69, 9.17) is 0 Å². The number of hydrogen-bond acceptors (Lipinski definition) is 4. The Morgan fingerprint density at radius 3 is 2.80 bits per heavy atom. The fourth-order valence-corrected chi connectivity index (χ4v) is 3.42. The minimum absolute atomic E-state index is 0.798. The van der Waals surface area contributed by atoms with Crippen LogP contribution in [0.2, 0.25) is 0 Å². The molecule has 110 valence electrons. The number of likely N-dealkylation sites (tertiary alicyclic amines) is 2. The van der Waals surface area contributed by atoms with Crippen LogP contribution < -0.4 is 5.32 Å². The van der Waals surface area contributed by atoms with Crippen molar-refractivity contribution in [3.05, 3.63) is 23.9 Å². The molecule has 0 spiro atoms. The maximum absolute atomic E-state index is 4.46. The van der Waals surface area contributed by atoms with Crippen molar-refractivity contribution in [3.63, 3.8) is 0 Å². The molecule has 1 unspecified atom stereocenters. The first-order valence-electron chi connectivity index (χ1n) is 8.00. The number of aromatic nitrogens is 1. The first-order chi connectivity index (χ1) is 9.85. The van der Waals surface area contributed by atoms with Crippen LogP contribution in [0.5, 0.6) is 0 Å². The topological polar surface area (TPSA) is 31.4 Å². The normalized spacial score (nSPS) is 24.4. The van der Waals surface area contributed by atoms with Gasteiger partial charge in [0, 0.05) is 38.4 Å². The van der Waals surface area contributed by atoms with Gasteiger partial charge in [-0.3, -0.25) is 9.80 Å². The van der Waals surface area contributed by atoms with E-state index >= 15 is 0 Å². The van der Waals surface area contributed by atoms with E-state index in [-0.39, 0.29) is 0 Å². The predicted molar refractivity (Wildman–Crippen MR) is 82.9 cm³/mol. The minimum atomic E-state index is 0.798. The second-order valence-electron chi connectivity index (χ2n) is 6.00. The van der Waals surface area contributed by atoms with E-state index in [0.29, 0.717) is 0 Å². The van der Waals surface area contributed by atoms with Gasteiger partial charge in [0.25, 0.3) is 0 Å². The van der Waals surface area contributed by atoms with E-state index in [2.05, 4.69) is 39.2 Å². The van der Waals surface area contributed by atoms with Gasteiger partial charge in [-0.25, -0.2) is 4.98 Å². The Bertz CT molecular complexity index is 411. The fraction of sp³-hybridized carbons (Fsp3) is 0.688. The molecular formula is C16H26N4. The van der Waals surface area contributed by atoms with E-state index in [1.165, 1.54) is 51.0 Å². The molecule has 3 heterocycles. The van der Waals surface area contributed by atoms with E-state index < -0.39 is 0 Å². The molecule has 20 heavy (non-hydrogen) atoms. The molecule has 4 heteroatoms. The minimum Gasteiger partial charge on any atom is -0.370 e. The highest BCUT2D eigenvalue weighted by molar-refractivity contribution is 5.35. The van der Waals surface area contributed by atoms with Crippen LogP contribution in [0.4, 0.5) is 5.82 Å². The smallest absolute Gasteiger partial charge is 0.125 e. The largest absolute Gasteiger partial charge is 0.370 e. The summed E-state index contributed by atoms with van der Waals surface area (Å²) in [6, 6.07) is 5.09. The van der Waals surface area contributed by atoms with Crippen LogP contribution >= 0.6 is 0 Å². The predicted octanol–water partition coefficient (Wildman–Crippen LogP) is 2.18. The van der Waals surface area contributed by atoms with Crippen LogP contribution in [0.25, 0.3) is 0 Å². The first-order valence-corrected chi connectivity index (χ1v) is 8.00. The molecule has 0 radical (unpaired) electrons. The number of nitrogens with one attached hydrogen (secondary N) is 1. The van der Waals surface area contributed by atoms with Gasteiger partial charge in [0.15, 0.2) is 0 Å². The van der Waals surface area contributed by atoms with Gasteiger partial charge < -0.3 is 5.32 Å². The Balaban J connectivity index is 1.50. The van der Waals surface area contributed by atoms with Gasteiger partial charge in [0.2, 0.25) is 0 Å². The Morgan fingerprint density at radius 1 is 1.25 bits per heavy atom. The maximum Gasteiger partial charge on any atom is 0.125 e. The van der Waals surface area contributed by atoms with Gasteiger partial charge in [0.05, 0.1) is 0 Å². The molecule has 0 bridgehead atoms. The lowest BCUT2D eigenvalue weighted by Gasteiger charge is -2.23. The summed E-state index contributed by atoms with van der Waals surface area (Å²) in [5.41, 5.74) is 1.33. The van der Waals surface area contributed by atoms with Crippen LogP contribution in [0, 0.1) is 0 Å². The first kappa shape index (κ1) is 13.8. The van der Waals surface area contributed by atoms with E-state index in [0.717, 1.165) is 24.9 Å². The van der Waals surface area contributed by atoms with Gasteiger partial charge in [-0.1, -0.05) is 6.07 Å². The third-order valence-corrected chi connectivity index (χ3v) is 4.49. The monoisotopic (exact) mass is 274 g/mol. The molecule has 4 nitrogen and oxygen atoms in total. The van der Waals surface area contributed by atoms with Crippen molar-refractivity contribution in [2.75, 3.05) is 38.0 Å². The maximum atomic E-state index is 4.46. The van der Waals surface area contributed by atoms with Gasteiger partial charge >= 0.3 is 0 Å². The van der Waals surface area contributed by atoms with Crippen LogP contribution in [0.1, 0.15) is 31.7 Å². The number of rotatable bonds is 5. The molecule has 1 atom stereocenters. The second-order valence-corrected chi connectivity index (χ2v) is 6.00. The second kappa shape index (κ2) is 6.55. The molecule has 1 aromatic heterocycles. The van der Waals surface area contributed by atoms with E-state index in [1.54, 1.807) is 0 Å². The summed E-state index contributed by atoms with van der Waals surface area (Å²) in [5.74, 6) is 0.979. The Kier molecular flexibility index (Phi) is 4.53. The summed E-state index contributed by atoms with van der Waals surface area (Å²) < 4.78 is 0. The van der Waals surface area contributed by atoms with Gasteiger partial charge in [-0.05, 0) is 50.9 Å². The molecular weight excluding hydrogens is 248 g/mol. The molecule has 2 fully saturated rings. The van der Waals surface area contributed by atoms with Crippen LogP contribution in [0.3, 0.4) is 0 Å². The number of hydrogen-bond donors (Lipinski definition) is 1.